The molecule has 0 saturated heterocycles. The Morgan fingerprint density at radius 3 is 2.47 bits per heavy atom. The Hall–Kier alpha value is 0.420. The van der Waals surface area contributed by atoms with Crippen LogP contribution in [0.3, 0.4) is 0 Å². The van der Waals surface area contributed by atoms with Crippen LogP contribution in [0, 0.1) is 6.92 Å². The van der Waals surface area contributed by atoms with E-state index in [1.54, 1.807) is 6.07 Å². The van der Waals surface area contributed by atoms with Crippen molar-refractivity contribution in [3.63, 3.8) is 0 Å². The predicted molar refractivity (Wildman–Crippen MR) is 74.3 cm³/mol. The number of hydrogen-bond donors (Lipinski definition) is 1. The van der Waals surface area contributed by atoms with Crippen LogP contribution in [0.25, 0.3) is 0 Å². The van der Waals surface area contributed by atoms with E-state index in [1.807, 2.05) is 19.1 Å². The smallest absolute Gasteiger partial charge is 0.263 e. The minimum absolute atomic E-state index is 0.279. The van der Waals surface area contributed by atoms with Crippen LogP contribution in [0.15, 0.2) is 18.2 Å². The van der Waals surface area contributed by atoms with Gasteiger partial charge >= 0.3 is 0 Å². The Balaban J connectivity index is 2.95. The Labute approximate surface area is 118 Å². The highest BCUT2D eigenvalue weighted by Crippen LogP contribution is 2.36. The van der Waals surface area contributed by atoms with Gasteiger partial charge in [0.15, 0.2) is 0 Å². The Bertz CT molecular complexity index is 369. The number of halogens is 4. The standard InChI is InChI=1S/C9H7Br3ClNO/c1-5-3-2-4-6(13)7(5)14-8(15)9(10,11)12/h2-4H,1H3,(H,14,15). The molecule has 0 aliphatic heterocycles. The molecule has 0 atom stereocenters. The van der Waals surface area contributed by atoms with Gasteiger partial charge in [-0.05, 0) is 66.3 Å². The largest absolute Gasteiger partial charge is 0.322 e. The summed E-state index contributed by atoms with van der Waals surface area (Å²) in [5.41, 5.74) is 1.53. The van der Waals surface area contributed by atoms with Gasteiger partial charge in [0.2, 0.25) is 2.14 Å². The fraction of sp³-hybridized carbons (Fsp3) is 0.222. The highest BCUT2D eigenvalue weighted by molar-refractivity contribution is 9.40. The van der Waals surface area contributed by atoms with Gasteiger partial charge in [0.05, 0.1) is 10.7 Å². The van der Waals surface area contributed by atoms with E-state index in [9.17, 15) is 4.79 Å². The maximum absolute atomic E-state index is 11.6. The minimum Gasteiger partial charge on any atom is -0.322 e. The van der Waals surface area contributed by atoms with Crippen molar-refractivity contribution in [1.82, 2.24) is 0 Å². The van der Waals surface area contributed by atoms with Gasteiger partial charge in [-0.3, -0.25) is 4.79 Å². The number of rotatable bonds is 1. The molecule has 0 saturated carbocycles. The van der Waals surface area contributed by atoms with Crippen molar-refractivity contribution in [3.8, 4) is 0 Å². The molecule has 0 fully saturated rings. The molecule has 2 nitrogen and oxygen atoms in total. The van der Waals surface area contributed by atoms with Crippen molar-refractivity contribution in [3.05, 3.63) is 28.8 Å². The van der Waals surface area contributed by atoms with E-state index in [2.05, 4.69) is 53.1 Å². The first kappa shape index (κ1) is 13.5. The van der Waals surface area contributed by atoms with Crippen LogP contribution >= 0.6 is 59.4 Å². The molecule has 0 unspecified atom stereocenters. The van der Waals surface area contributed by atoms with E-state index in [4.69, 9.17) is 11.6 Å². The lowest BCUT2D eigenvalue weighted by Gasteiger charge is -2.15. The fourth-order valence-electron chi connectivity index (χ4n) is 0.975. The molecule has 0 spiro atoms. The number of anilines is 1. The zero-order valence-corrected chi connectivity index (χ0v) is 13.2. The molecule has 0 aromatic heterocycles. The molecule has 82 valence electrons. The van der Waals surface area contributed by atoms with Crippen LogP contribution in [0.2, 0.25) is 5.02 Å². The summed E-state index contributed by atoms with van der Waals surface area (Å²) in [4.78, 5) is 11.6. The SMILES string of the molecule is Cc1cccc(Cl)c1NC(=O)C(Br)(Br)Br. The highest BCUT2D eigenvalue weighted by atomic mass is 80.0. The molecule has 0 aliphatic rings. The van der Waals surface area contributed by atoms with Crippen LogP contribution in [0.5, 0.6) is 0 Å². The maximum Gasteiger partial charge on any atom is 0.263 e. The molecule has 1 aromatic carbocycles. The van der Waals surface area contributed by atoms with E-state index >= 15 is 0 Å². The summed E-state index contributed by atoms with van der Waals surface area (Å²) in [5, 5.41) is 3.22. The third-order valence-corrected chi connectivity index (χ3v) is 3.11. The van der Waals surface area contributed by atoms with Gasteiger partial charge in [-0.2, -0.15) is 0 Å². The number of benzene rings is 1. The summed E-state index contributed by atoms with van der Waals surface area (Å²) in [7, 11) is 0. The first-order chi connectivity index (χ1) is 6.82. The summed E-state index contributed by atoms with van der Waals surface area (Å²) < 4.78 is -0.974. The first-order valence-electron chi connectivity index (χ1n) is 3.95. The quantitative estimate of drug-likeness (QED) is 0.670. The Kier molecular flexibility index (Phi) is 4.64. The first-order valence-corrected chi connectivity index (χ1v) is 6.71. The van der Waals surface area contributed by atoms with Gasteiger partial charge in [-0.15, -0.1) is 0 Å². The lowest BCUT2D eigenvalue weighted by atomic mass is 10.2. The highest BCUT2D eigenvalue weighted by Gasteiger charge is 2.29. The van der Waals surface area contributed by atoms with Gasteiger partial charge in [-0.1, -0.05) is 23.7 Å². The Morgan fingerprint density at radius 2 is 2.00 bits per heavy atom. The topological polar surface area (TPSA) is 29.1 Å². The number of carbonyl (C=O) groups excluding carboxylic acids is 1. The van der Waals surface area contributed by atoms with Crippen LogP contribution < -0.4 is 5.32 Å². The summed E-state index contributed by atoms with van der Waals surface area (Å²) in [6.45, 7) is 1.87. The summed E-state index contributed by atoms with van der Waals surface area (Å²) in [6.07, 6.45) is 0. The lowest BCUT2D eigenvalue weighted by molar-refractivity contribution is -0.114. The van der Waals surface area contributed by atoms with Gasteiger partial charge in [0, 0.05) is 0 Å². The second-order valence-corrected chi connectivity index (χ2v) is 10.1. The van der Waals surface area contributed by atoms with Crippen molar-refractivity contribution in [2.24, 2.45) is 0 Å². The molecule has 1 aromatic rings. The van der Waals surface area contributed by atoms with E-state index in [-0.39, 0.29) is 5.91 Å². The van der Waals surface area contributed by atoms with Crippen molar-refractivity contribution in [2.45, 2.75) is 9.07 Å². The fourth-order valence-corrected chi connectivity index (χ4v) is 1.54. The third-order valence-electron chi connectivity index (χ3n) is 1.72. The van der Waals surface area contributed by atoms with Gasteiger partial charge in [0.1, 0.15) is 0 Å². The number of carbonyl (C=O) groups is 1. The normalized spacial score (nSPS) is 11.3. The number of alkyl halides is 3. The van der Waals surface area contributed by atoms with Crippen LogP contribution in [0.1, 0.15) is 5.56 Å². The molecular formula is C9H7Br3ClNO. The van der Waals surface area contributed by atoms with E-state index in [0.29, 0.717) is 10.7 Å². The van der Waals surface area contributed by atoms with Crippen LogP contribution in [0.4, 0.5) is 5.69 Å². The predicted octanol–water partition coefficient (Wildman–Crippen LogP) is 4.43. The summed E-state index contributed by atoms with van der Waals surface area (Å²) in [5.74, 6) is -0.279. The van der Waals surface area contributed by atoms with Crippen LogP contribution in [-0.4, -0.2) is 8.05 Å². The Morgan fingerprint density at radius 1 is 1.40 bits per heavy atom. The van der Waals surface area contributed by atoms with Crippen molar-refractivity contribution < 1.29 is 4.79 Å². The van der Waals surface area contributed by atoms with E-state index in [0.717, 1.165) is 5.56 Å². The molecule has 0 bridgehead atoms. The van der Waals surface area contributed by atoms with Crippen molar-refractivity contribution in [1.29, 1.82) is 0 Å². The van der Waals surface area contributed by atoms with Gasteiger partial charge in [0.25, 0.3) is 5.91 Å². The molecule has 0 heterocycles. The maximum atomic E-state index is 11.6. The monoisotopic (exact) mass is 417 g/mol. The molecular weight excluding hydrogens is 413 g/mol. The molecule has 0 aliphatic carbocycles. The average Bonchev–Trinajstić information content (AvgIpc) is 2.09. The van der Waals surface area contributed by atoms with Crippen molar-refractivity contribution in [2.75, 3.05) is 5.32 Å². The number of para-hydroxylation sites is 1. The molecule has 0 radical (unpaired) electrons. The van der Waals surface area contributed by atoms with Crippen LogP contribution in [-0.2, 0) is 4.79 Å². The number of hydrogen-bond acceptors (Lipinski definition) is 1. The molecule has 1 amide bonds. The lowest BCUT2D eigenvalue weighted by Crippen LogP contribution is -2.26. The summed E-state index contributed by atoms with van der Waals surface area (Å²) in [6, 6.07) is 5.43. The average molecular weight is 420 g/mol. The molecule has 1 N–H and O–H groups in total. The molecule has 6 heteroatoms. The zero-order valence-electron chi connectivity index (χ0n) is 7.65. The zero-order chi connectivity index (χ0) is 11.6. The summed E-state index contributed by atoms with van der Waals surface area (Å²) >= 11 is 15.3. The number of nitrogens with one attached hydrogen (secondary N) is 1. The second-order valence-electron chi connectivity index (χ2n) is 2.88. The van der Waals surface area contributed by atoms with Gasteiger partial charge in [-0.25, -0.2) is 0 Å². The third kappa shape index (κ3) is 3.73. The number of aryl methyl sites for hydroxylation is 1. The van der Waals surface area contributed by atoms with E-state index in [1.165, 1.54) is 0 Å². The molecule has 1 rings (SSSR count). The van der Waals surface area contributed by atoms with E-state index < -0.39 is 2.14 Å². The van der Waals surface area contributed by atoms with Crippen molar-refractivity contribution >= 4 is 71.0 Å². The minimum atomic E-state index is -0.974. The second kappa shape index (κ2) is 5.17. The number of amides is 1. The molecule has 15 heavy (non-hydrogen) atoms. The van der Waals surface area contributed by atoms with Gasteiger partial charge < -0.3 is 5.32 Å².